The molecule has 0 aliphatic heterocycles. The average molecular weight is 458 g/mol. The molecular weight excluding hydrogens is 426 g/mol. The Morgan fingerprint density at radius 3 is 2.39 bits per heavy atom. The van der Waals surface area contributed by atoms with Crippen LogP contribution >= 0.6 is 0 Å². The molecule has 33 heavy (non-hydrogen) atoms. The minimum atomic E-state index is -0.468. The zero-order chi connectivity index (χ0) is 24.1. The van der Waals surface area contributed by atoms with Gasteiger partial charge in [-0.25, -0.2) is 5.43 Å². The summed E-state index contributed by atoms with van der Waals surface area (Å²) < 4.78 is 21.7. The fraction of sp³-hybridized carbons (Fsp3) is 0.375. The number of hydrogen-bond donors (Lipinski definition) is 2. The zero-order valence-electron chi connectivity index (χ0n) is 19.5. The molecule has 9 nitrogen and oxygen atoms in total. The highest BCUT2D eigenvalue weighted by molar-refractivity contribution is 5.97. The van der Waals surface area contributed by atoms with E-state index in [2.05, 4.69) is 22.8 Å². The van der Waals surface area contributed by atoms with Gasteiger partial charge in [-0.15, -0.1) is 0 Å². The molecule has 0 atom stereocenters. The largest absolute Gasteiger partial charge is 0.493 e. The molecule has 2 N–H and O–H groups in total. The van der Waals surface area contributed by atoms with Crippen LogP contribution in [0.1, 0.15) is 42.6 Å². The molecule has 2 rings (SSSR count). The summed E-state index contributed by atoms with van der Waals surface area (Å²) in [6.07, 6.45) is 3.50. The van der Waals surface area contributed by atoms with Gasteiger partial charge in [-0.1, -0.05) is 13.3 Å². The Hall–Kier alpha value is -3.75. The highest BCUT2D eigenvalue weighted by Gasteiger charge is 2.12. The molecule has 0 saturated carbocycles. The predicted molar refractivity (Wildman–Crippen MR) is 126 cm³/mol. The number of nitrogens with one attached hydrogen (secondary N) is 2. The quantitative estimate of drug-likeness (QED) is 0.272. The highest BCUT2D eigenvalue weighted by atomic mass is 16.5. The number of benzene rings is 2. The zero-order valence-corrected chi connectivity index (χ0v) is 19.5. The summed E-state index contributed by atoms with van der Waals surface area (Å²) in [6, 6.07) is 10.2. The van der Waals surface area contributed by atoms with Gasteiger partial charge in [0.15, 0.2) is 23.0 Å². The second kappa shape index (κ2) is 13.6. The van der Waals surface area contributed by atoms with E-state index in [0.29, 0.717) is 41.8 Å². The van der Waals surface area contributed by atoms with Gasteiger partial charge in [0, 0.05) is 5.56 Å². The van der Waals surface area contributed by atoms with Crippen LogP contribution in [0, 0.1) is 0 Å². The lowest BCUT2D eigenvalue weighted by molar-refractivity contribution is -0.120. The van der Waals surface area contributed by atoms with Crippen molar-refractivity contribution in [2.45, 2.75) is 26.7 Å². The Kier molecular flexibility index (Phi) is 10.5. The van der Waals surface area contributed by atoms with E-state index in [1.54, 1.807) is 18.2 Å². The maximum atomic E-state index is 12.3. The first-order valence-electron chi connectivity index (χ1n) is 10.7. The lowest BCUT2D eigenvalue weighted by Gasteiger charge is -2.12. The fourth-order valence-electron chi connectivity index (χ4n) is 2.78. The van der Waals surface area contributed by atoms with E-state index in [1.807, 2.05) is 19.1 Å². The van der Waals surface area contributed by atoms with Crippen molar-refractivity contribution < 1.29 is 28.5 Å². The maximum absolute atomic E-state index is 12.3. The van der Waals surface area contributed by atoms with Crippen molar-refractivity contribution in [2.75, 3.05) is 34.0 Å². The van der Waals surface area contributed by atoms with Gasteiger partial charge in [-0.2, -0.15) is 5.10 Å². The first-order valence-corrected chi connectivity index (χ1v) is 10.7. The third-order valence-electron chi connectivity index (χ3n) is 4.48. The molecule has 0 unspecified atom stereocenters. The van der Waals surface area contributed by atoms with E-state index < -0.39 is 11.8 Å². The van der Waals surface area contributed by atoms with Gasteiger partial charge in [0.05, 0.1) is 40.2 Å². The second-order valence-electron chi connectivity index (χ2n) is 6.89. The first-order chi connectivity index (χ1) is 16.0. The Morgan fingerprint density at radius 2 is 1.70 bits per heavy atom. The van der Waals surface area contributed by atoms with Gasteiger partial charge in [-0.05, 0) is 55.3 Å². The number of unbranched alkanes of at least 4 members (excludes halogenated alkanes) is 1. The van der Waals surface area contributed by atoms with E-state index >= 15 is 0 Å². The Bertz CT molecular complexity index is 961. The van der Waals surface area contributed by atoms with E-state index in [0.717, 1.165) is 18.4 Å². The van der Waals surface area contributed by atoms with Crippen LogP contribution < -0.4 is 29.7 Å². The van der Waals surface area contributed by atoms with Crippen molar-refractivity contribution in [1.82, 2.24) is 10.7 Å². The molecule has 0 heterocycles. The van der Waals surface area contributed by atoms with Crippen LogP contribution in [0.3, 0.4) is 0 Å². The summed E-state index contributed by atoms with van der Waals surface area (Å²) in [5, 5.41) is 6.48. The number of rotatable bonds is 13. The number of nitrogens with zero attached hydrogens (tertiary/aromatic N) is 1. The van der Waals surface area contributed by atoms with Gasteiger partial charge in [-0.3, -0.25) is 9.59 Å². The van der Waals surface area contributed by atoms with E-state index in [-0.39, 0.29) is 6.54 Å². The third-order valence-corrected chi connectivity index (χ3v) is 4.48. The molecule has 2 aromatic rings. The molecule has 0 fully saturated rings. The summed E-state index contributed by atoms with van der Waals surface area (Å²) in [5.41, 5.74) is 3.46. The van der Waals surface area contributed by atoms with Crippen LogP contribution in [0.25, 0.3) is 0 Å². The lowest BCUT2D eigenvalue weighted by atomic mass is 10.2. The van der Waals surface area contributed by atoms with Gasteiger partial charge in [0.2, 0.25) is 0 Å². The molecule has 0 saturated heterocycles. The van der Waals surface area contributed by atoms with E-state index in [9.17, 15) is 9.59 Å². The molecule has 0 radical (unpaired) electrons. The predicted octanol–water partition coefficient (Wildman–Crippen LogP) is 3.16. The van der Waals surface area contributed by atoms with Crippen molar-refractivity contribution in [3.05, 3.63) is 47.5 Å². The smallest absolute Gasteiger partial charge is 0.259 e. The topological polar surface area (TPSA) is 107 Å². The minimum absolute atomic E-state index is 0.237. The lowest BCUT2D eigenvalue weighted by Crippen LogP contribution is -2.34. The van der Waals surface area contributed by atoms with Crippen LogP contribution in [0.15, 0.2) is 41.5 Å². The standard InChI is InChI=1S/C24H31N3O6/c1-5-7-12-33-20-10-8-17(13-22(20)32-6-2)15-26-27-23(28)16-25-24(29)18-9-11-19(30-3)21(14-18)31-4/h8-11,13-15H,5-7,12,16H2,1-4H3,(H,25,29)(H,27,28). The van der Waals surface area contributed by atoms with Crippen molar-refractivity contribution in [1.29, 1.82) is 0 Å². The Balaban J connectivity index is 1.89. The number of ether oxygens (including phenoxy) is 4. The van der Waals surface area contributed by atoms with Gasteiger partial charge in [0.25, 0.3) is 11.8 Å². The summed E-state index contributed by atoms with van der Waals surface area (Å²) in [6.45, 7) is 4.88. The maximum Gasteiger partial charge on any atom is 0.259 e. The number of hydrazone groups is 1. The number of methoxy groups -OCH3 is 2. The van der Waals surface area contributed by atoms with Crippen molar-refractivity contribution in [3.8, 4) is 23.0 Å². The van der Waals surface area contributed by atoms with Crippen LogP contribution in [0.5, 0.6) is 23.0 Å². The third kappa shape index (κ3) is 8.03. The molecule has 0 bridgehead atoms. The van der Waals surface area contributed by atoms with Crippen LogP contribution in [0.4, 0.5) is 0 Å². The van der Waals surface area contributed by atoms with Gasteiger partial charge >= 0.3 is 0 Å². The van der Waals surface area contributed by atoms with Gasteiger partial charge < -0.3 is 24.3 Å². The number of hydrogen-bond acceptors (Lipinski definition) is 7. The highest BCUT2D eigenvalue weighted by Crippen LogP contribution is 2.28. The molecule has 0 spiro atoms. The molecule has 0 aliphatic rings. The normalized spacial score (nSPS) is 10.5. The van der Waals surface area contributed by atoms with E-state index in [4.69, 9.17) is 18.9 Å². The Morgan fingerprint density at radius 1 is 0.939 bits per heavy atom. The van der Waals surface area contributed by atoms with Crippen molar-refractivity contribution in [2.24, 2.45) is 5.10 Å². The average Bonchev–Trinajstić information content (AvgIpc) is 2.83. The number of carbonyl (C=O) groups excluding carboxylic acids is 2. The first kappa shape index (κ1) is 25.5. The SMILES string of the molecule is CCCCOc1ccc(C=NNC(=O)CNC(=O)c2ccc(OC)c(OC)c2)cc1OCC. The second-order valence-corrected chi connectivity index (χ2v) is 6.89. The van der Waals surface area contributed by atoms with Crippen molar-refractivity contribution >= 4 is 18.0 Å². The summed E-state index contributed by atoms with van der Waals surface area (Å²) in [7, 11) is 2.99. The molecule has 2 aromatic carbocycles. The molecule has 9 heteroatoms. The van der Waals surface area contributed by atoms with Crippen molar-refractivity contribution in [3.63, 3.8) is 0 Å². The Labute approximate surface area is 194 Å². The minimum Gasteiger partial charge on any atom is -0.493 e. The van der Waals surface area contributed by atoms with E-state index in [1.165, 1.54) is 26.5 Å². The molecule has 0 aromatic heterocycles. The molecule has 178 valence electrons. The monoisotopic (exact) mass is 457 g/mol. The molecular formula is C24H31N3O6. The fourth-order valence-corrected chi connectivity index (χ4v) is 2.78. The molecule has 0 aliphatic carbocycles. The summed E-state index contributed by atoms with van der Waals surface area (Å²) in [5.74, 6) is 1.33. The van der Waals surface area contributed by atoms with Crippen LogP contribution in [-0.4, -0.2) is 52.0 Å². The van der Waals surface area contributed by atoms with Gasteiger partial charge in [0.1, 0.15) is 0 Å². The number of carbonyl (C=O) groups is 2. The summed E-state index contributed by atoms with van der Waals surface area (Å²) in [4.78, 5) is 24.3. The van der Waals surface area contributed by atoms with Crippen LogP contribution in [-0.2, 0) is 4.79 Å². The molecule has 2 amide bonds. The summed E-state index contributed by atoms with van der Waals surface area (Å²) >= 11 is 0. The van der Waals surface area contributed by atoms with Crippen LogP contribution in [0.2, 0.25) is 0 Å². The number of amides is 2.